The van der Waals surface area contributed by atoms with E-state index in [1.165, 1.54) is 36.5 Å². The molecule has 0 amide bonds. The van der Waals surface area contributed by atoms with Gasteiger partial charge in [0.15, 0.2) is 0 Å². The van der Waals surface area contributed by atoms with Gasteiger partial charge in [-0.15, -0.1) is 11.3 Å². The second kappa shape index (κ2) is 11.0. The Morgan fingerprint density at radius 1 is 0.569 bits per heavy atom. The summed E-state index contributed by atoms with van der Waals surface area (Å²) in [6.07, 6.45) is -0.321. The average molecular weight is 673 g/mol. The Labute approximate surface area is 296 Å². The number of aliphatic imine (C=N–C) groups is 2. The van der Waals surface area contributed by atoms with Crippen LogP contribution in [0.2, 0.25) is 0 Å². The summed E-state index contributed by atoms with van der Waals surface area (Å²) in [4.78, 5) is 10.5. The monoisotopic (exact) mass is 672 g/mol. The van der Waals surface area contributed by atoms with Gasteiger partial charge in [-0.3, -0.25) is 4.57 Å². The van der Waals surface area contributed by atoms with E-state index in [1.54, 1.807) is 0 Å². The molecule has 3 aromatic heterocycles. The molecule has 10 aromatic rings. The van der Waals surface area contributed by atoms with Gasteiger partial charge in [0.2, 0.25) is 5.96 Å². The highest BCUT2D eigenvalue weighted by atomic mass is 32.1. The van der Waals surface area contributed by atoms with Crippen LogP contribution in [-0.2, 0) is 0 Å². The summed E-state index contributed by atoms with van der Waals surface area (Å²) >= 11 is 1.84. The van der Waals surface area contributed by atoms with Crippen molar-refractivity contribution in [2.45, 2.75) is 6.17 Å². The van der Waals surface area contributed by atoms with Crippen LogP contribution in [0, 0.1) is 0 Å². The molecule has 4 heterocycles. The largest absolute Gasteiger partial charge is 0.455 e. The number of hydrogen-bond acceptors (Lipinski definition) is 5. The SMILES string of the molecule is c1ccc(C2N=C(n3c4ccccc4c4ccccc43)N=C(c3ccc4oc5c(-c6cccc7sc8ccccc8c67)cccc5c4c3)N2)cc1. The van der Waals surface area contributed by atoms with E-state index in [0.717, 1.165) is 55.5 Å². The molecule has 1 atom stereocenters. The van der Waals surface area contributed by atoms with Crippen LogP contribution in [0.1, 0.15) is 17.3 Å². The number of thiophene rings is 1. The number of amidine groups is 1. The van der Waals surface area contributed by atoms with Crippen molar-refractivity contribution in [2.75, 3.05) is 0 Å². The standard InChI is InChI=1S/C45H28N4OS/c1-2-12-27(13-3-1)43-46-44(48-45(47-43)49-36-20-7-4-14-29(36)30-15-5-8-21-37(30)49)28-24-25-38-35(26-28)33-19-10-18-32(42(33)50-38)31-17-11-23-40-41(31)34-16-6-9-22-39(34)51-40/h1-26,43H,(H,46,47,48). The molecular formula is C45H28N4OS. The summed E-state index contributed by atoms with van der Waals surface area (Å²) in [7, 11) is 0. The number of fused-ring (bicyclic) bond motifs is 9. The lowest BCUT2D eigenvalue weighted by atomic mass is 9.97. The van der Waals surface area contributed by atoms with Gasteiger partial charge in [0.1, 0.15) is 23.2 Å². The van der Waals surface area contributed by atoms with Gasteiger partial charge in [-0.25, -0.2) is 4.99 Å². The summed E-state index contributed by atoms with van der Waals surface area (Å²) in [5.74, 6) is 1.41. The first kappa shape index (κ1) is 28.3. The van der Waals surface area contributed by atoms with Gasteiger partial charge >= 0.3 is 0 Å². The summed E-state index contributed by atoms with van der Waals surface area (Å²) < 4.78 is 11.5. The summed E-state index contributed by atoms with van der Waals surface area (Å²) in [5, 5.41) is 10.7. The fraction of sp³-hybridized carbons (Fsp3) is 0.0222. The quantitative estimate of drug-likeness (QED) is 0.203. The third kappa shape index (κ3) is 4.33. The van der Waals surface area contributed by atoms with Gasteiger partial charge < -0.3 is 9.73 Å². The van der Waals surface area contributed by atoms with E-state index in [0.29, 0.717) is 5.96 Å². The molecular weight excluding hydrogens is 645 g/mol. The van der Waals surface area contributed by atoms with Crippen LogP contribution in [-0.4, -0.2) is 16.4 Å². The predicted molar refractivity (Wildman–Crippen MR) is 213 cm³/mol. The Hall–Kier alpha value is -6.50. The Morgan fingerprint density at radius 2 is 1.24 bits per heavy atom. The first-order chi connectivity index (χ1) is 25.3. The Balaban J connectivity index is 1.10. The number of nitrogens with zero attached hydrogens (tertiary/aromatic N) is 3. The second-order valence-electron chi connectivity index (χ2n) is 13.0. The highest BCUT2D eigenvalue weighted by Crippen LogP contribution is 2.43. The summed E-state index contributed by atoms with van der Waals surface area (Å²) in [6.45, 7) is 0. The molecule has 51 heavy (non-hydrogen) atoms. The number of hydrogen-bond donors (Lipinski definition) is 1. The maximum atomic E-state index is 6.70. The maximum absolute atomic E-state index is 6.70. The van der Waals surface area contributed by atoms with Crippen LogP contribution in [0.3, 0.4) is 0 Å². The molecule has 1 N–H and O–H groups in total. The highest BCUT2D eigenvalue weighted by Gasteiger charge is 2.24. The minimum absolute atomic E-state index is 0.321. The minimum Gasteiger partial charge on any atom is -0.455 e. The molecule has 0 fully saturated rings. The van der Waals surface area contributed by atoms with Crippen LogP contribution in [0.5, 0.6) is 0 Å². The lowest BCUT2D eigenvalue weighted by molar-refractivity contribution is 0.667. The molecule has 7 aromatic carbocycles. The molecule has 0 spiro atoms. The van der Waals surface area contributed by atoms with Crippen LogP contribution in [0.4, 0.5) is 0 Å². The molecule has 1 aliphatic heterocycles. The molecule has 0 radical (unpaired) electrons. The van der Waals surface area contributed by atoms with Crippen LogP contribution in [0.25, 0.3) is 75.0 Å². The average Bonchev–Trinajstić information content (AvgIpc) is 3.87. The van der Waals surface area contributed by atoms with E-state index in [4.69, 9.17) is 14.4 Å². The van der Waals surface area contributed by atoms with Crippen molar-refractivity contribution in [3.63, 3.8) is 0 Å². The summed E-state index contributed by atoms with van der Waals surface area (Å²) in [6, 6.07) is 55.4. The molecule has 0 saturated heterocycles. The lowest BCUT2D eigenvalue weighted by Crippen LogP contribution is -2.35. The molecule has 5 nitrogen and oxygen atoms in total. The van der Waals surface area contributed by atoms with Gasteiger partial charge in [-0.1, -0.05) is 115 Å². The van der Waals surface area contributed by atoms with E-state index >= 15 is 0 Å². The highest BCUT2D eigenvalue weighted by molar-refractivity contribution is 7.25. The lowest BCUT2D eigenvalue weighted by Gasteiger charge is -2.24. The zero-order valence-electron chi connectivity index (χ0n) is 27.2. The van der Waals surface area contributed by atoms with Crippen molar-refractivity contribution in [3.8, 4) is 11.1 Å². The zero-order chi connectivity index (χ0) is 33.5. The summed E-state index contributed by atoms with van der Waals surface area (Å²) in [5.41, 5.74) is 8.20. The molecule has 240 valence electrons. The normalized spacial score (nSPS) is 14.9. The van der Waals surface area contributed by atoms with Crippen molar-refractivity contribution >= 4 is 87.0 Å². The van der Waals surface area contributed by atoms with Gasteiger partial charge in [0, 0.05) is 52.8 Å². The fourth-order valence-electron chi connectivity index (χ4n) is 7.78. The van der Waals surface area contributed by atoms with Gasteiger partial charge in [0.05, 0.1) is 11.0 Å². The number of aromatic nitrogens is 1. The van der Waals surface area contributed by atoms with Crippen molar-refractivity contribution in [1.29, 1.82) is 0 Å². The van der Waals surface area contributed by atoms with Gasteiger partial charge in [-0.2, -0.15) is 4.99 Å². The Morgan fingerprint density at radius 3 is 2.06 bits per heavy atom. The van der Waals surface area contributed by atoms with Crippen molar-refractivity contribution in [1.82, 2.24) is 9.88 Å². The molecule has 0 bridgehead atoms. The van der Waals surface area contributed by atoms with Crippen molar-refractivity contribution in [3.05, 3.63) is 169 Å². The second-order valence-corrected chi connectivity index (χ2v) is 14.1. The number of furan rings is 1. The fourth-order valence-corrected chi connectivity index (χ4v) is 8.91. The van der Waals surface area contributed by atoms with E-state index in [1.807, 2.05) is 17.4 Å². The van der Waals surface area contributed by atoms with E-state index in [9.17, 15) is 0 Å². The third-order valence-corrected chi connectivity index (χ3v) is 11.2. The molecule has 1 aliphatic rings. The van der Waals surface area contributed by atoms with Crippen LogP contribution in [0.15, 0.2) is 172 Å². The van der Waals surface area contributed by atoms with Crippen LogP contribution < -0.4 is 5.32 Å². The smallest absolute Gasteiger partial charge is 0.234 e. The first-order valence-electron chi connectivity index (χ1n) is 17.1. The molecule has 1 unspecified atom stereocenters. The van der Waals surface area contributed by atoms with E-state index in [2.05, 4.69) is 162 Å². The number of nitrogens with one attached hydrogen (secondary N) is 1. The third-order valence-electron chi connectivity index (χ3n) is 10.1. The zero-order valence-corrected chi connectivity index (χ0v) is 28.1. The number of benzene rings is 7. The topological polar surface area (TPSA) is 54.8 Å². The Bertz CT molecular complexity index is 3020. The number of para-hydroxylation sites is 3. The van der Waals surface area contributed by atoms with Crippen molar-refractivity contribution in [2.24, 2.45) is 9.98 Å². The molecule has 0 saturated carbocycles. The van der Waals surface area contributed by atoms with E-state index in [-0.39, 0.29) is 6.17 Å². The van der Waals surface area contributed by atoms with E-state index < -0.39 is 0 Å². The maximum Gasteiger partial charge on any atom is 0.234 e. The Kier molecular flexibility index (Phi) is 6.12. The predicted octanol–water partition coefficient (Wildman–Crippen LogP) is 11.7. The van der Waals surface area contributed by atoms with Gasteiger partial charge in [-0.05, 0) is 53.6 Å². The first-order valence-corrected chi connectivity index (χ1v) is 17.9. The van der Waals surface area contributed by atoms with Crippen molar-refractivity contribution < 1.29 is 4.42 Å². The molecule has 6 heteroatoms. The van der Waals surface area contributed by atoms with Crippen LogP contribution >= 0.6 is 11.3 Å². The van der Waals surface area contributed by atoms with Gasteiger partial charge in [0.25, 0.3) is 0 Å². The molecule has 11 rings (SSSR count). The molecule has 0 aliphatic carbocycles. The minimum atomic E-state index is -0.321. The number of rotatable bonds is 3.